The van der Waals surface area contributed by atoms with Gasteiger partial charge in [-0.05, 0) is 37.6 Å². The molecule has 112 valence electrons. The SMILES string of the molecule is COc1ccc(CNC(=O)c2cc(C)sc2C)cc1OC. The van der Waals surface area contributed by atoms with Crippen molar-refractivity contribution < 1.29 is 14.3 Å². The molecule has 0 spiro atoms. The Hall–Kier alpha value is -2.01. The van der Waals surface area contributed by atoms with Crippen molar-refractivity contribution in [2.45, 2.75) is 20.4 Å². The number of amides is 1. The van der Waals surface area contributed by atoms with Crippen LogP contribution < -0.4 is 14.8 Å². The van der Waals surface area contributed by atoms with E-state index in [1.165, 1.54) is 0 Å². The van der Waals surface area contributed by atoms with E-state index in [2.05, 4.69) is 5.32 Å². The number of hydrogen-bond donors (Lipinski definition) is 1. The highest BCUT2D eigenvalue weighted by Crippen LogP contribution is 2.27. The molecular formula is C16H19NO3S. The summed E-state index contributed by atoms with van der Waals surface area (Å²) in [7, 11) is 3.19. The first-order valence-electron chi connectivity index (χ1n) is 6.61. The quantitative estimate of drug-likeness (QED) is 0.922. The van der Waals surface area contributed by atoms with E-state index in [4.69, 9.17) is 9.47 Å². The van der Waals surface area contributed by atoms with Crippen molar-refractivity contribution in [3.05, 3.63) is 45.1 Å². The lowest BCUT2D eigenvalue weighted by Crippen LogP contribution is -2.22. The molecule has 0 atom stereocenters. The van der Waals surface area contributed by atoms with Crippen LogP contribution in [0.4, 0.5) is 0 Å². The second-order valence-corrected chi connectivity index (χ2v) is 6.16. The molecular weight excluding hydrogens is 286 g/mol. The fourth-order valence-electron chi connectivity index (χ4n) is 2.12. The molecule has 0 fully saturated rings. The van der Waals surface area contributed by atoms with Gasteiger partial charge in [0.15, 0.2) is 11.5 Å². The van der Waals surface area contributed by atoms with E-state index in [0.717, 1.165) is 20.9 Å². The third-order valence-electron chi connectivity index (χ3n) is 3.19. The minimum absolute atomic E-state index is 0.0494. The summed E-state index contributed by atoms with van der Waals surface area (Å²) < 4.78 is 10.4. The molecule has 2 aromatic rings. The molecule has 0 unspecified atom stereocenters. The Morgan fingerprint density at radius 2 is 1.86 bits per heavy atom. The van der Waals surface area contributed by atoms with Crippen LogP contribution in [0.5, 0.6) is 11.5 Å². The summed E-state index contributed by atoms with van der Waals surface area (Å²) in [5.41, 5.74) is 1.71. The van der Waals surface area contributed by atoms with Gasteiger partial charge in [-0.15, -0.1) is 11.3 Å². The summed E-state index contributed by atoms with van der Waals surface area (Å²) in [6.45, 7) is 4.42. The van der Waals surface area contributed by atoms with E-state index < -0.39 is 0 Å². The zero-order chi connectivity index (χ0) is 15.4. The lowest BCUT2D eigenvalue weighted by molar-refractivity contribution is 0.0950. The topological polar surface area (TPSA) is 47.6 Å². The number of carbonyl (C=O) groups is 1. The molecule has 0 saturated heterocycles. The molecule has 0 aliphatic rings. The Kier molecular flexibility index (Phi) is 4.85. The van der Waals surface area contributed by atoms with Gasteiger partial charge in [-0.1, -0.05) is 6.07 Å². The van der Waals surface area contributed by atoms with E-state index in [0.29, 0.717) is 18.0 Å². The van der Waals surface area contributed by atoms with Crippen molar-refractivity contribution in [1.29, 1.82) is 0 Å². The van der Waals surface area contributed by atoms with E-state index in [-0.39, 0.29) is 5.91 Å². The molecule has 4 nitrogen and oxygen atoms in total. The minimum Gasteiger partial charge on any atom is -0.493 e. The number of aryl methyl sites for hydroxylation is 2. The van der Waals surface area contributed by atoms with Crippen LogP contribution in [0.15, 0.2) is 24.3 Å². The maximum absolute atomic E-state index is 12.2. The van der Waals surface area contributed by atoms with E-state index in [9.17, 15) is 4.79 Å². The van der Waals surface area contributed by atoms with Crippen LogP contribution in [0.25, 0.3) is 0 Å². The molecule has 1 aromatic heterocycles. The average molecular weight is 305 g/mol. The summed E-state index contributed by atoms with van der Waals surface area (Å²) >= 11 is 1.63. The number of thiophene rings is 1. The lowest BCUT2D eigenvalue weighted by Gasteiger charge is -2.10. The van der Waals surface area contributed by atoms with Gasteiger partial charge in [-0.2, -0.15) is 0 Å². The molecule has 0 saturated carbocycles. The third kappa shape index (κ3) is 3.55. The lowest BCUT2D eigenvalue weighted by atomic mass is 10.2. The maximum Gasteiger partial charge on any atom is 0.252 e. The molecule has 1 N–H and O–H groups in total. The maximum atomic E-state index is 12.2. The summed E-state index contributed by atoms with van der Waals surface area (Å²) in [5.74, 6) is 1.29. The Labute approximate surface area is 128 Å². The molecule has 1 heterocycles. The van der Waals surface area contributed by atoms with Crippen molar-refractivity contribution >= 4 is 17.2 Å². The van der Waals surface area contributed by atoms with E-state index in [1.54, 1.807) is 25.6 Å². The van der Waals surface area contributed by atoms with Gasteiger partial charge in [-0.25, -0.2) is 0 Å². The first-order chi connectivity index (χ1) is 10.0. The number of nitrogens with one attached hydrogen (secondary N) is 1. The van der Waals surface area contributed by atoms with Crippen LogP contribution in [0.1, 0.15) is 25.7 Å². The van der Waals surface area contributed by atoms with Crippen LogP contribution in [0, 0.1) is 13.8 Å². The number of ether oxygens (including phenoxy) is 2. The fourth-order valence-corrected chi connectivity index (χ4v) is 3.05. The van der Waals surface area contributed by atoms with E-state index in [1.807, 2.05) is 38.1 Å². The number of methoxy groups -OCH3 is 2. The number of benzene rings is 1. The van der Waals surface area contributed by atoms with Crippen LogP contribution in [-0.4, -0.2) is 20.1 Å². The molecule has 5 heteroatoms. The molecule has 1 aromatic carbocycles. The van der Waals surface area contributed by atoms with Crippen molar-refractivity contribution in [3.8, 4) is 11.5 Å². The van der Waals surface area contributed by atoms with Gasteiger partial charge in [0.1, 0.15) is 0 Å². The molecule has 0 bridgehead atoms. The van der Waals surface area contributed by atoms with Crippen LogP contribution in [0.2, 0.25) is 0 Å². The Morgan fingerprint density at radius 1 is 1.14 bits per heavy atom. The second-order valence-electron chi connectivity index (χ2n) is 4.70. The molecule has 0 radical (unpaired) electrons. The predicted molar refractivity (Wildman–Crippen MR) is 84.5 cm³/mol. The predicted octanol–water partition coefficient (Wildman–Crippen LogP) is 3.31. The van der Waals surface area contributed by atoms with Crippen molar-refractivity contribution in [1.82, 2.24) is 5.32 Å². The third-order valence-corrected chi connectivity index (χ3v) is 4.15. The average Bonchev–Trinajstić information content (AvgIpc) is 2.83. The summed E-state index contributed by atoms with van der Waals surface area (Å²) in [6, 6.07) is 7.53. The van der Waals surface area contributed by atoms with Crippen molar-refractivity contribution in [3.63, 3.8) is 0 Å². The van der Waals surface area contributed by atoms with Crippen LogP contribution in [0.3, 0.4) is 0 Å². The van der Waals surface area contributed by atoms with Gasteiger partial charge in [0.05, 0.1) is 19.8 Å². The number of hydrogen-bond acceptors (Lipinski definition) is 4. The Morgan fingerprint density at radius 3 is 2.43 bits per heavy atom. The Bertz CT molecular complexity index is 649. The summed E-state index contributed by atoms with van der Waals surface area (Å²) in [6.07, 6.45) is 0. The van der Waals surface area contributed by atoms with Gasteiger partial charge in [-0.3, -0.25) is 4.79 Å². The van der Waals surface area contributed by atoms with Crippen LogP contribution >= 0.6 is 11.3 Å². The summed E-state index contributed by atoms with van der Waals surface area (Å²) in [5, 5.41) is 2.93. The number of rotatable bonds is 5. The van der Waals surface area contributed by atoms with Gasteiger partial charge >= 0.3 is 0 Å². The standard InChI is InChI=1S/C16H19NO3S/c1-10-7-13(11(2)21-10)16(18)17-9-12-5-6-14(19-3)15(8-12)20-4/h5-8H,9H2,1-4H3,(H,17,18). The molecule has 1 amide bonds. The van der Waals surface area contributed by atoms with E-state index >= 15 is 0 Å². The first-order valence-corrected chi connectivity index (χ1v) is 7.43. The highest BCUT2D eigenvalue weighted by atomic mass is 32.1. The fraction of sp³-hybridized carbons (Fsp3) is 0.312. The summed E-state index contributed by atoms with van der Waals surface area (Å²) in [4.78, 5) is 14.4. The van der Waals surface area contributed by atoms with Crippen LogP contribution in [-0.2, 0) is 6.54 Å². The molecule has 21 heavy (non-hydrogen) atoms. The monoisotopic (exact) mass is 305 g/mol. The van der Waals surface area contributed by atoms with Gasteiger partial charge < -0.3 is 14.8 Å². The number of carbonyl (C=O) groups excluding carboxylic acids is 1. The van der Waals surface area contributed by atoms with Crippen molar-refractivity contribution in [2.75, 3.05) is 14.2 Å². The second kappa shape index (κ2) is 6.63. The van der Waals surface area contributed by atoms with Gasteiger partial charge in [0, 0.05) is 16.3 Å². The largest absolute Gasteiger partial charge is 0.493 e. The molecule has 0 aliphatic heterocycles. The molecule has 0 aliphatic carbocycles. The van der Waals surface area contributed by atoms with Gasteiger partial charge in [0.25, 0.3) is 5.91 Å². The highest BCUT2D eigenvalue weighted by Gasteiger charge is 2.12. The van der Waals surface area contributed by atoms with Crippen molar-refractivity contribution in [2.24, 2.45) is 0 Å². The smallest absolute Gasteiger partial charge is 0.252 e. The normalized spacial score (nSPS) is 10.3. The first kappa shape index (κ1) is 15.4. The Balaban J connectivity index is 2.06. The van der Waals surface area contributed by atoms with Gasteiger partial charge in [0.2, 0.25) is 0 Å². The zero-order valence-electron chi connectivity index (χ0n) is 12.6. The minimum atomic E-state index is -0.0494. The highest BCUT2D eigenvalue weighted by molar-refractivity contribution is 7.12. The molecule has 2 rings (SSSR count). The zero-order valence-corrected chi connectivity index (χ0v) is 13.5.